The van der Waals surface area contributed by atoms with Gasteiger partial charge < -0.3 is 9.72 Å². The maximum atomic E-state index is 12.6. The third-order valence-electron chi connectivity index (χ3n) is 3.50. The number of benzene rings is 2. The minimum atomic E-state index is -0.523. The largest absolute Gasteiger partial charge is 0.482 e. The summed E-state index contributed by atoms with van der Waals surface area (Å²) in [5.74, 6) is 0. The lowest BCUT2D eigenvalue weighted by Gasteiger charge is -2.17. The topological polar surface area (TPSA) is 55.0 Å². The molecule has 0 saturated heterocycles. The van der Waals surface area contributed by atoms with Gasteiger partial charge in [0.05, 0.1) is 23.4 Å². The summed E-state index contributed by atoms with van der Waals surface area (Å²) in [5, 5.41) is 0.413. The number of methoxy groups -OCH3 is 1. The number of nitrogens with one attached hydrogen (secondary N) is 1. The van der Waals surface area contributed by atoms with Crippen LogP contribution >= 0.6 is 47.2 Å². The van der Waals surface area contributed by atoms with Gasteiger partial charge in [0.25, 0.3) is 5.56 Å². The minimum absolute atomic E-state index is 0.283. The van der Waals surface area contributed by atoms with Crippen LogP contribution in [0.4, 0.5) is 0 Å². The summed E-state index contributed by atoms with van der Waals surface area (Å²) in [7, 11) is 1.48. The smallest absolute Gasteiger partial charge is 0.271 e. The molecule has 0 bridgehead atoms. The number of nitrogens with zero attached hydrogens (tertiary/aromatic N) is 1. The predicted octanol–water partition coefficient (Wildman–Crippen LogP) is 4.98. The Labute approximate surface area is 163 Å². The molecule has 0 amide bonds. The van der Waals surface area contributed by atoms with E-state index in [-0.39, 0.29) is 9.94 Å². The van der Waals surface area contributed by atoms with E-state index < -0.39 is 5.25 Å². The maximum absolute atomic E-state index is 12.6. The number of hydrogen-bond acceptors (Lipinski definition) is 5. The molecule has 0 aliphatic rings. The van der Waals surface area contributed by atoms with E-state index in [1.165, 1.54) is 18.9 Å². The van der Waals surface area contributed by atoms with Crippen molar-refractivity contribution in [3.63, 3.8) is 0 Å². The van der Waals surface area contributed by atoms with Gasteiger partial charge in [0.15, 0.2) is 0 Å². The zero-order chi connectivity index (χ0) is 18.0. The molecule has 0 aliphatic heterocycles. The first kappa shape index (κ1) is 18.2. The van der Waals surface area contributed by atoms with Gasteiger partial charge in [-0.1, -0.05) is 53.2 Å². The summed E-state index contributed by atoms with van der Waals surface area (Å²) in [5.41, 5.74) is 2.02. The highest BCUT2D eigenvalue weighted by Gasteiger charge is 2.25. The molecule has 3 aromatic rings. The Morgan fingerprint density at radius 2 is 2.04 bits per heavy atom. The van der Waals surface area contributed by atoms with Crippen molar-refractivity contribution in [1.29, 1.82) is 0 Å². The monoisotopic (exact) mass is 410 g/mol. The Hall–Kier alpha value is -1.60. The molecule has 128 valence electrons. The van der Waals surface area contributed by atoms with Gasteiger partial charge in [-0.25, -0.2) is 4.98 Å². The van der Waals surface area contributed by atoms with Crippen LogP contribution in [0, 0.1) is 0 Å². The lowest BCUT2D eigenvalue weighted by atomic mass is 10.1. The van der Waals surface area contributed by atoms with Crippen LogP contribution in [-0.4, -0.2) is 21.5 Å². The van der Waals surface area contributed by atoms with Crippen LogP contribution in [-0.2, 0) is 4.74 Å². The van der Waals surface area contributed by atoms with Crippen molar-refractivity contribution in [2.75, 3.05) is 7.11 Å². The molecule has 0 spiro atoms. The molecular formula is C17H12Cl2N2O2S2. The van der Waals surface area contributed by atoms with E-state index in [0.29, 0.717) is 32.3 Å². The lowest BCUT2D eigenvalue weighted by molar-refractivity contribution is 0.426. The maximum Gasteiger partial charge on any atom is 0.271 e. The second kappa shape index (κ2) is 7.74. The molecule has 1 aromatic heterocycles. The standard InChI is InChI=1S/C17H12Cl2N2O2S2/c1-23-17(24)25-15(10-7-6-9(18)8-11(10)19)14-16(22)21-13-5-3-2-4-12(13)20-14/h2-8,15H,1H3,(H,21,22). The Morgan fingerprint density at radius 3 is 2.76 bits per heavy atom. The number of hydrogen-bond donors (Lipinski definition) is 1. The lowest BCUT2D eigenvalue weighted by Crippen LogP contribution is -2.19. The predicted molar refractivity (Wildman–Crippen MR) is 108 cm³/mol. The van der Waals surface area contributed by atoms with Crippen molar-refractivity contribution >= 4 is 62.6 Å². The molecule has 0 radical (unpaired) electrons. The van der Waals surface area contributed by atoms with Gasteiger partial charge in [0.2, 0.25) is 4.38 Å². The van der Waals surface area contributed by atoms with Gasteiger partial charge in [0.1, 0.15) is 5.69 Å². The summed E-state index contributed by atoms with van der Waals surface area (Å²) in [6.45, 7) is 0. The van der Waals surface area contributed by atoms with E-state index in [4.69, 9.17) is 40.2 Å². The van der Waals surface area contributed by atoms with Crippen LogP contribution in [0.2, 0.25) is 10.0 Å². The zero-order valence-electron chi connectivity index (χ0n) is 13.0. The van der Waals surface area contributed by atoms with Gasteiger partial charge >= 0.3 is 0 Å². The fraction of sp³-hybridized carbons (Fsp3) is 0.118. The number of rotatable bonds is 3. The van der Waals surface area contributed by atoms with Crippen LogP contribution in [0.25, 0.3) is 11.0 Å². The van der Waals surface area contributed by atoms with Crippen LogP contribution < -0.4 is 5.56 Å². The molecule has 0 fully saturated rings. The van der Waals surface area contributed by atoms with Crippen molar-refractivity contribution in [3.8, 4) is 0 Å². The normalized spacial score (nSPS) is 12.1. The average molecular weight is 411 g/mol. The summed E-state index contributed by atoms with van der Waals surface area (Å²) < 4.78 is 5.38. The molecular weight excluding hydrogens is 399 g/mol. The molecule has 8 heteroatoms. The van der Waals surface area contributed by atoms with Gasteiger partial charge in [-0.2, -0.15) is 0 Å². The summed E-state index contributed by atoms with van der Waals surface area (Å²) in [6.07, 6.45) is 0. The van der Waals surface area contributed by atoms with Crippen molar-refractivity contribution in [1.82, 2.24) is 9.97 Å². The van der Waals surface area contributed by atoms with Gasteiger partial charge in [-0.15, -0.1) is 0 Å². The third-order valence-corrected chi connectivity index (χ3v) is 5.59. The van der Waals surface area contributed by atoms with Crippen LogP contribution in [0.1, 0.15) is 16.5 Å². The number of para-hydroxylation sites is 2. The SMILES string of the molecule is COC(=S)SC(c1ccc(Cl)cc1Cl)c1nc2ccccc2[nH]c1=O. The quantitative estimate of drug-likeness (QED) is 0.616. The van der Waals surface area contributed by atoms with Gasteiger partial charge in [0, 0.05) is 10.0 Å². The first-order valence-corrected chi connectivity index (χ1v) is 9.22. The fourth-order valence-electron chi connectivity index (χ4n) is 2.35. The van der Waals surface area contributed by atoms with Crippen molar-refractivity contribution in [2.45, 2.75) is 5.25 Å². The van der Waals surface area contributed by atoms with E-state index in [0.717, 1.165) is 0 Å². The van der Waals surface area contributed by atoms with E-state index in [1.54, 1.807) is 24.3 Å². The molecule has 3 rings (SSSR count). The molecule has 0 saturated carbocycles. The van der Waals surface area contributed by atoms with Crippen molar-refractivity contribution in [2.24, 2.45) is 0 Å². The van der Waals surface area contributed by atoms with Crippen molar-refractivity contribution in [3.05, 3.63) is 74.1 Å². The summed E-state index contributed by atoms with van der Waals surface area (Å²) in [6, 6.07) is 12.4. The Balaban J connectivity index is 2.19. The molecule has 4 nitrogen and oxygen atoms in total. The number of H-pyrrole nitrogens is 1. The third kappa shape index (κ3) is 3.98. The highest BCUT2D eigenvalue weighted by molar-refractivity contribution is 8.22. The molecule has 1 heterocycles. The van der Waals surface area contributed by atoms with Gasteiger partial charge in [-0.05, 0) is 42.0 Å². The highest BCUT2D eigenvalue weighted by atomic mass is 35.5. The summed E-state index contributed by atoms with van der Waals surface area (Å²) >= 11 is 18.7. The first-order chi connectivity index (χ1) is 12.0. The number of ether oxygens (including phenoxy) is 1. The Bertz CT molecular complexity index is 1010. The number of thiocarbonyl (C=S) groups is 1. The number of fused-ring (bicyclic) bond motifs is 1. The van der Waals surface area contributed by atoms with Crippen LogP contribution in [0.15, 0.2) is 47.3 Å². The molecule has 0 aliphatic carbocycles. The Kier molecular flexibility index (Phi) is 5.64. The van der Waals surface area contributed by atoms with E-state index in [9.17, 15) is 4.79 Å². The average Bonchev–Trinajstić information content (AvgIpc) is 2.59. The fourth-order valence-corrected chi connectivity index (χ4v) is 4.11. The number of halogens is 2. The second-order valence-electron chi connectivity index (χ2n) is 5.09. The van der Waals surface area contributed by atoms with Gasteiger partial charge in [-0.3, -0.25) is 4.79 Å². The van der Waals surface area contributed by atoms with Crippen LogP contribution in [0.3, 0.4) is 0 Å². The number of aromatic nitrogens is 2. The molecule has 25 heavy (non-hydrogen) atoms. The zero-order valence-corrected chi connectivity index (χ0v) is 16.1. The van der Waals surface area contributed by atoms with E-state index >= 15 is 0 Å². The molecule has 1 N–H and O–H groups in total. The van der Waals surface area contributed by atoms with E-state index in [1.807, 2.05) is 18.2 Å². The van der Waals surface area contributed by atoms with Crippen LogP contribution in [0.5, 0.6) is 0 Å². The first-order valence-electron chi connectivity index (χ1n) is 7.18. The molecule has 1 unspecified atom stereocenters. The molecule has 1 atom stereocenters. The molecule has 2 aromatic carbocycles. The second-order valence-corrected chi connectivity index (χ2v) is 7.64. The van der Waals surface area contributed by atoms with E-state index in [2.05, 4.69) is 9.97 Å². The summed E-state index contributed by atoms with van der Waals surface area (Å²) in [4.78, 5) is 20.0. The van der Waals surface area contributed by atoms with Crippen molar-refractivity contribution < 1.29 is 4.74 Å². The highest BCUT2D eigenvalue weighted by Crippen LogP contribution is 2.39. The number of thioether (sulfide) groups is 1. The minimum Gasteiger partial charge on any atom is -0.482 e. The Morgan fingerprint density at radius 1 is 1.28 bits per heavy atom. The number of aromatic amines is 1.